The quantitative estimate of drug-likeness (QED) is 0.580. The lowest BCUT2D eigenvalue weighted by Crippen LogP contribution is -2.36. The van der Waals surface area contributed by atoms with Crippen LogP contribution in [0.3, 0.4) is 0 Å². The SMILES string of the molecule is C1CC2CC3CCNC3CC2C1. The number of hydrogen-bond acceptors (Lipinski definition) is 1. The Morgan fingerprint density at radius 1 is 0.833 bits per heavy atom. The van der Waals surface area contributed by atoms with E-state index in [1.165, 1.54) is 32.2 Å². The van der Waals surface area contributed by atoms with Gasteiger partial charge in [0.25, 0.3) is 0 Å². The first-order chi connectivity index (χ1) is 5.93. The molecule has 1 heteroatoms. The molecule has 12 heavy (non-hydrogen) atoms. The van der Waals surface area contributed by atoms with E-state index in [0.29, 0.717) is 0 Å². The van der Waals surface area contributed by atoms with Gasteiger partial charge in [-0.15, -0.1) is 0 Å². The molecule has 0 aromatic heterocycles. The standard InChI is InChI=1S/C11H19N/c1-2-8-6-10-4-5-12-11(10)7-9(8)3-1/h8-12H,1-7H2. The van der Waals surface area contributed by atoms with Gasteiger partial charge in [-0.3, -0.25) is 0 Å². The minimum atomic E-state index is 0.921. The van der Waals surface area contributed by atoms with Gasteiger partial charge in [-0.1, -0.05) is 19.3 Å². The van der Waals surface area contributed by atoms with E-state index in [4.69, 9.17) is 0 Å². The van der Waals surface area contributed by atoms with E-state index in [1.54, 1.807) is 12.8 Å². The van der Waals surface area contributed by atoms with Gasteiger partial charge in [0.15, 0.2) is 0 Å². The van der Waals surface area contributed by atoms with Crippen LogP contribution in [0.15, 0.2) is 0 Å². The molecule has 1 nitrogen and oxygen atoms in total. The molecule has 3 fully saturated rings. The van der Waals surface area contributed by atoms with Crippen LogP contribution in [0.4, 0.5) is 0 Å². The van der Waals surface area contributed by atoms with Crippen molar-refractivity contribution in [3.05, 3.63) is 0 Å². The van der Waals surface area contributed by atoms with Crippen molar-refractivity contribution in [2.75, 3.05) is 6.54 Å². The number of rotatable bonds is 0. The van der Waals surface area contributed by atoms with Gasteiger partial charge >= 0.3 is 0 Å². The van der Waals surface area contributed by atoms with Crippen LogP contribution in [0.1, 0.15) is 38.5 Å². The summed E-state index contributed by atoms with van der Waals surface area (Å²) in [4.78, 5) is 0. The first-order valence-corrected chi connectivity index (χ1v) is 5.67. The lowest BCUT2D eigenvalue weighted by Gasteiger charge is -2.34. The molecule has 1 heterocycles. The van der Waals surface area contributed by atoms with Crippen molar-refractivity contribution in [1.82, 2.24) is 5.32 Å². The molecule has 0 bridgehead atoms. The van der Waals surface area contributed by atoms with Gasteiger partial charge in [0, 0.05) is 6.04 Å². The zero-order valence-corrected chi connectivity index (χ0v) is 7.76. The monoisotopic (exact) mass is 165 g/mol. The third-order valence-electron chi connectivity index (χ3n) is 4.47. The molecular formula is C11H19N. The summed E-state index contributed by atoms with van der Waals surface area (Å²) in [6.07, 6.45) is 9.14. The van der Waals surface area contributed by atoms with Gasteiger partial charge in [0.2, 0.25) is 0 Å². The van der Waals surface area contributed by atoms with Gasteiger partial charge in [0.05, 0.1) is 0 Å². The van der Waals surface area contributed by atoms with E-state index in [-0.39, 0.29) is 0 Å². The second-order valence-electron chi connectivity index (χ2n) is 5.03. The molecule has 4 unspecified atom stereocenters. The third-order valence-corrected chi connectivity index (χ3v) is 4.47. The van der Waals surface area contributed by atoms with Gasteiger partial charge in [-0.05, 0) is 43.6 Å². The normalized spacial score (nSPS) is 52.0. The maximum absolute atomic E-state index is 3.67. The zero-order valence-electron chi connectivity index (χ0n) is 7.76. The molecule has 3 rings (SSSR count). The second-order valence-corrected chi connectivity index (χ2v) is 5.03. The molecule has 1 saturated heterocycles. The van der Waals surface area contributed by atoms with Crippen molar-refractivity contribution >= 4 is 0 Å². The van der Waals surface area contributed by atoms with E-state index in [1.807, 2.05) is 0 Å². The van der Waals surface area contributed by atoms with Crippen LogP contribution >= 0.6 is 0 Å². The van der Waals surface area contributed by atoms with E-state index in [0.717, 1.165) is 23.8 Å². The summed E-state index contributed by atoms with van der Waals surface area (Å²) in [5, 5.41) is 3.67. The third kappa shape index (κ3) is 1.02. The Hall–Kier alpha value is -0.0400. The minimum absolute atomic E-state index is 0.921. The van der Waals surface area contributed by atoms with Crippen LogP contribution < -0.4 is 5.32 Å². The Balaban J connectivity index is 1.75. The van der Waals surface area contributed by atoms with Crippen molar-refractivity contribution in [3.8, 4) is 0 Å². The fraction of sp³-hybridized carbons (Fsp3) is 1.00. The highest BCUT2D eigenvalue weighted by atomic mass is 15.0. The van der Waals surface area contributed by atoms with Crippen molar-refractivity contribution in [1.29, 1.82) is 0 Å². The molecule has 0 aromatic rings. The highest BCUT2D eigenvalue weighted by Gasteiger charge is 2.40. The van der Waals surface area contributed by atoms with Crippen LogP contribution in [0.2, 0.25) is 0 Å². The highest BCUT2D eigenvalue weighted by Crippen LogP contribution is 2.46. The molecule has 2 saturated carbocycles. The van der Waals surface area contributed by atoms with Crippen molar-refractivity contribution < 1.29 is 0 Å². The van der Waals surface area contributed by atoms with Crippen molar-refractivity contribution in [2.24, 2.45) is 17.8 Å². The van der Waals surface area contributed by atoms with Gasteiger partial charge in [-0.2, -0.15) is 0 Å². The Morgan fingerprint density at radius 2 is 1.67 bits per heavy atom. The molecule has 0 aromatic carbocycles. The summed E-state index contributed by atoms with van der Waals surface area (Å²) in [7, 11) is 0. The molecule has 0 radical (unpaired) electrons. The minimum Gasteiger partial charge on any atom is -0.314 e. The predicted octanol–water partition coefficient (Wildman–Crippen LogP) is 2.17. The highest BCUT2D eigenvalue weighted by molar-refractivity contribution is 4.95. The fourth-order valence-corrected chi connectivity index (χ4v) is 3.83. The van der Waals surface area contributed by atoms with E-state index in [2.05, 4.69) is 5.32 Å². The first kappa shape index (κ1) is 7.37. The molecule has 0 amide bonds. The Labute approximate surface area is 74.9 Å². The second kappa shape index (κ2) is 2.73. The van der Waals surface area contributed by atoms with Crippen molar-refractivity contribution in [3.63, 3.8) is 0 Å². The van der Waals surface area contributed by atoms with E-state index in [9.17, 15) is 0 Å². The predicted molar refractivity (Wildman–Crippen MR) is 50.0 cm³/mol. The van der Waals surface area contributed by atoms with Crippen LogP contribution in [-0.2, 0) is 0 Å². The van der Waals surface area contributed by atoms with Gasteiger partial charge < -0.3 is 5.32 Å². The number of hydrogen-bond donors (Lipinski definition) is 1. The van der Waals surface area contributed by atoms with Crippen LogP contribution in [-0.4, -0.2) is 12.6 Å². The summed E-state index contributed by atoms with van der Waals surface area (Å²) in [6.45, 7) is 1.30. The average molecular weight is 165 g/mol. The summed E-state index contributed by atoms with van der Waals surface area (Å²) in [5.74, 6) is 3.30. The zero-order chi connectivity index (χ0) is 7.97. The van der Waals surface area contributed by atoms with E-state index < -0.39 is 0 Å². The fourth-order valence-electron chi connectivity index (χ4n) is 3.83. The molecule has 1 aliphatic heterocycles. The number of nitrogens with one attached hydrogen (secondary N) is 1. The van der Waals surface area contributed by atoms with Crippen molar-refractivity contribution in [2.45, 2.75) is 44.6 Å². The van der Waals surface area contributed by atoms with Crippen LogP contribution in [0, 0.1) is 17.8 Å². The summed E-state index contributed by atoms with van der Waals surface area (Å²) in [5.41, 5.74) is 0. The first-order valence-electron chi connectivity index (χ1n) is 5.67. The number of fused-ring (bicyclic) bond motifs is 2. The van der Waals surface area contributed by atoms with E-state index >= 15 is 0 Å². The molecular weight excluding hydrogens is 146 g/mol. The van der Waals surface area contributed by atoms with Gasteiger partial charge in [-0.25, -0.2) is 0 Å². The average Bonchev–Trinajstić information content (AvgIpc) is 2.64. The van der Waals surface area contributed by atoms with Crippen LogP contribution in [0.25, 0.3) is 0 Å². The molecule has 68 valence electrons. The molecule has 0 spiro atoms. The summed E-state index contributed by atoms with van der Waals surface area (Å²) >= 11 is 0. The smallest absolute Gasteiger partial charge is 0.00986 e. The lowest BCUT2D eigenvalue weighted by atomic mass is 9.73. The van der Waals surface area contributed by atoms with Crippen LogP contribution in [0.5, 0.6) is 0 Å². The largest absolute Gasteiger partial charge is 0.314 e. The lowest BCUT2D eigenvalue weighted by molar-refractivity contribution is 0.189. The molecule has 4 atom stereocenters. The molecule has 3 aliphatic rings. The topological polar surface area (TPSA) is 12.0 Å². The molecule has 2 aliphatic carbocycles. The Kier molecular flexibility index (Phi) is 1.68. The molecule has 1 N–H and O–H groups in total. The van der Waals surface area contributed by atoms with Gasteiger partial charge in [0.1, 0.15) is 0 Å². The summed E-state index contributed by atoms with van der Waals surface area (Å²) < 4.78 is 0. The maximum atomic E-state index is 3.67. The Morgan fingerprint density at radius 3 is 2.58 bits per heavy atom. The summed E-state index contributed by atoms with van der Waals surface area (Å²) in [6, 6.07) is 0.921. The Bertz CT molecular complexity index is 142. The maximum Gasteiger partial charge on any atom is 0.00986 e.